The van der Waals surface area contributed by atoms with Gasteiger partial charge in [0.15, 0.2) is 5.17 Å². The van der Waals surface area contributed by atoms with Crippen LogP contribution in [0.15, 0.2) is 76.0 Å². The number of hydrogen-bond acceptors (Lipinski definition) is 8. The highest BCUT2D eigenvalue weighted by Gasteiger charge is 2.42. The molecule has 0 saturated carbocycles. The van der Waals surface area contributed by atoms with E-state index in [0.717, 1.165) is 4.88 Å². The molecule has 0 saturated heterocycles. The SMILES string of the molecule is CCOc1ccccc1NC(=O)CSC1=Nc2ccccc2C2=NC(=O)C(CC(=O)NCc3cccs3)N12. The zero-order valence-corrected chi connectivity index (χ0v) is 22.2. The van der Waals surface area contributed by atoms with E-state index >= 15 is 0 Å². The molecule has 1 atom stereocenters. The molecule has 2 aliphatic heterocycles. The fourth-order valence-electron chi connectivity index (χ4n) is 4.12. The average Bonchev–Trinajstić information content (AvgIpc) is 3.56. The van der Waals surface area contributed by atoms with Crippen molar-refractivity contribution in [3.8, 4) is 5.75 Å². The molecule has 1 aromatic heterocycles. The van der Waals surface area contributed by atoms with Gasteiger partial charge in [0.1, 0.15) is 17.6 Å². The van der Waals surface area contributed by atoms with Gasteiger partial charge >= 0.3 is 0 Å². The summed E-state index contributed by atoms with van der Waals surface area (Å²) in [5.41, 5.74) is 1.94. The van der Waals surface area contributed by atoms with Crippen LogP contribution in [0.3, 0.4) is 0 Å². The Hall–Kier alpha value is -3.96. The van der Waals surface area contributed by atoms with Crippen molar-refractivity contribution in [2.45, 2.75) is 25.9 Å². The maximum absolute atomic E-state index is 13.0. The molecular formula is C27H25N5O4S2. The number of thiophene rings is 1. The van der Waals surface area contributed by atoms with Crippen LogP contribution < -0.4 is 15.4 Å². The van der Waals surface area contributed by atoms with Crippen LogP contribution >= 0.6 is 23.1 Å². The second-order valence-corrected chi connectivity index (χ2v) is 10.4. The molecule has 0 aliphatic carbocycles. The average molecular weight is 548 g/mol. The number of thioether (sulfide) groups is 1. The quantitative estimate of drug-likeness (QED) is 0.416. The molecule has 0 spiro atoms. The predicted molar refractivity (Wildman–Crippen MR) is 150 cm³/mol. The first-order valence-electron chi connectivity index (χ1n) is 12.1. The molecule has 2 aromatic carbocycles. The van der Waals surface area contributed by atoms with E-state index in [9.17, 15) is 14.4 Å². The molecule has 9 nitrogen and oxygen atoms in total. The van der Waals surface area contributed by atoms with E-state index in [-0.39, 0.29) is 24.0 Å². The Balaban J connectivity index is 1.31. The number of anilines is 1. The molecule has 2 aliphatic rings. The summed E-state index contributed by atoms with van der Waals surface area (Å²) in [5, 5.41) is 8.14. The first kappa shape index (κ1) is 25.7. The van der Waals surface area contributed by atoms with E-state index in [4.69, 9.17) is 9.73 Å². The Morgan fingerprint density at radius 3 is 2.68 bits per heavy atom. The summed E-state index contributed by atoms with van der Waals surface area (Å²) in [5.74, 6) is 0.147. The van der Waals surface area contributed by atoms with Crippen molar-refractivity contribution >= 4 is 63.2 Å². The van der Waals surface area contributed by atoms with Crippen LogP contribution in [-0.2, 0) is 20.9 Å². The summed E-state index contributed by atoms with van der Waals surface area (Å²) >= 11 is 2.74. The molecule has 3 heterocycles. The highest BCUT2D eigenvalue weighted by molar-refractivity contribution is 8.14. The minimum absolute atomic E-state index is 0.0384. The Morgan fingerprint density at radius 1 is 1.05 bits per heavy atom. The third-order valence-electron chi connectivity index (χ3n) is 5.82. The van der Waals surface area contributed by atoms with Gasteiger partial charge in [-0.15, -0.1) is 11.3 Å². The molecule has 2 N–H and O–H groups in total. The van der Waals surface area contributed by atoms with Gasteiger partial charge in [-0.05, 0) is 42.6 Å². The topological polar surface area (TPSA) is 112 Å². The van der Waals surface area contributed by atoms with Gasteiger partial charge in [-0.25, -0.2) is 4.99 Å². The Bertz CT molecular complexity index is 1420. The zero-order valence-electron chi connectivity index (χ0n) is 20.5. The highest BCUT2D eigenvalue weighted by atomic mass is 32.2. The summed E-state index contributed by atoms with van der Waals surface area (Å²) in [6.07, 6.45) is -0.0765. The molecule has 0 fully saturated rings. The maximum atomic E-state index is 13.0. The van der Waals surface area contributed by atoms with E-state index in [1.54, 1.807) is 28.4 Å². The number of nitrogens with one attached hydrogen (secondary N) is 2. The fraction of sp³-hybridized carbons (Fsp3) is 0.222. The lowest BCUT2D eigenvalue weighted by molar-refractivity contribution is -0.126. The fourth-order valence-corrected chi connectivity index (χ4v) is 5.61. The molecule has 194 valence electrons. The van der Waals surface area contributed by atoms with Gasteiger partial charge in [-0.3, -0.25) is 19.3 Å². The van der Waals surface area contributed by atoms with Gasteiger partial charge in [0.05, 0.1) is 36.7 Å². The monoisotopic (exact) mass is 547 g/mol. The molecule has 0 bridgehead atoms. The Kier molecular flexibility index (Phi) is 7.85. The number of rotatable bonds is 9. The minimum atomic E-state index is -0.838. The van der Waals surface area contributed by atoms with Crippen molar-refractivity contribution in [3.05, 3.63) is 76.5 Å². The first-order chi connectivity index (χ1) is 18.5. The number of para-hydroxylation sites is 3. The van der Waals surface area contributed by atoms with Crippen molar-refractivity contribution in [2.24, 2.45) is 9.98 Å². The van der Waals surface area contributed by atoms with Crippen LogP contribution in [0.4, 0.5) is 11.4 Å². The number of hydrogen-bond donors (Lipinski definition) is 2. The van der Waals surface area contributed by atoms with Crippen LogP contribution in [-0.4, -0.2) is 52.0 Å². The second kappa shape index (κ2) is 11.6. The number of aliphatic imine (C=N–C) groups is 2. The molecule has 0 radical (unpaired) electrons. The van der Waals surface area contributed by atoms with E-state index in [1.165, 1.54) is 11.8 Å². The molecule has 11 heteroatoms. The van der Waals surface area contributed by atoms with E-state index in [1.807, 2.05) is 60.8 Å². The number of ether oxygens (including phenoxy) is 1. The number of fused-ring (bicyclic) bond motifs is 3. The number of nitrogens with zero attached hydrogens (tertiary/aromatic N) is 3. The van der Waals surface area contributed by atoms with E-state index < -0.39 is 11.9 Å². The number of carbonyl (C=O) groups excluding carboxylic acids is 3. The number of carbonyl (C=O) groups is 3. The van der Waals surface area contributed by atoms with Gasteiger partial charge in [0.25, 0.3) is 5.91 Å². The molecule has 38 heavy (non-hydrogen) atoms. The predicted octanol–water partition coefficient (Wildman–Crippen LogP) is 4.18. The van der Waals surface area contributed by atoms with Crippen molar-refractivity contribution in [3.63, 3.8) is 0 Å². The van der Waals surface area contributed by atoms with E-state index in [0.29, 0.717) is 46.8 Å². The molecular weight excluding hydrogens is 522 g/mol. The maximum Gasteiger partial charge on any atom is 0.271 e. The third kappa shape index (κ3) is 5.63. The Morgan fingerprint density at radius 2 is 1.87 bits per heavy atom. The van der Waals surface area contributed by atoms with Gasteiger partial charge in [-0.1, -0.05) is 42.1 Å². The second-order valence-electron chi connectivity index (χ2n) is 8.40. The summed E-state index contributed by atoms with van der Waals surface area (Å²) in [6, 6.07) is 17.6. The zero-order chi connectivity index (χ0) is 26.5. The van der Waals surface area contributed by atoms with E-state index in [2.05, 4.69) is 15.6 Å². The number of benzene rings is 2. The largest absolute Gasteiger partial charge is 0.492 e. The highest BCUT2D eigenvalue weighted by Crippen LogP contribution is 2.35. The van der Waals surface area contributed by atoms with Crippen LogP contribution in [0, 0.1) is 0 Å². The van der Waals surface area contributed by atoms with Gasteiger partial charge in [0.2, 0.25) is 11.8 Å². The molecule has 3 amide bonds. The summed E-state index contributed by atoms with van der Waals surface area (Å²) < 4.78 is 5.59. The minimum Gasteiger partial charge on any atom is -0.492 e. The standard InChI is InChI=1S/C27H25N5O4S2/c1-2-36-22-12-6-5-11-20(22)29-24(34)16-38-27-30-19-10-4-3-9-18(19)25-31-26(35)21(32(25)27)14-23(33)28-15-17-8-7-13-37-17/h3-13,21H,2,14-16H2,1H3,(H,28,33)(H,29,34). The van der Waals surface area contributed by atoms with Crippen LogP contribution in [0.2, 0.25) is 0 Å². The van der Waals surface area contributed by atoms with Crippen molar-refractivity contribution in [1.82, 2.24) is 10.2 Å². The van der Waals surface area contributed by atoms with Crippen LogP contribution in [0.25, 0.3) is 0 Å². The van der Waals surface area contributed by atoms with Crippen molar-refractivity contribution < 1.29 is 19.1 Å². The first-order valence-corrected chi connectivity index (χ1v) is 13.9. The van der Waals surface area contributed by atoms with Gasteiger partial charge < -0.3 is 15.4 Å². The number of amidine groups is 2. The van der Waals surface area contributed by atoms with Crippen LogP contribution in [0.1, 0.15) is 23.8 Å². The summed E-state index contributed by atoms with van der Waals surface area (Å²) in [6.45, 7) is 2.75. The van der Waals surface area contributed by atoms with Crippen molar-refractivity contribution in [1.29, 1.82) is 0 Å². The third-order valence-corrected chi connectivity index (χ3v) is 7.65. The smallest absolute Gasteiger partial charge is 0.271 e. The number of amides is 3. The van der Waals surface area contributed by atoms with Gasteiger partial charge in [0, 0.05) is 10.4 Å². The van der Waals surface area contributed by atoms with Crippen molar-refractivity contribution in [2.75, 3.05) is 17.7 Å². The Labute approximate surface area is 228 Å². The van der Waals surface area contributed by atoms with Gasteiger partial charge in [-0.2, -0.15) is 4.99 Å². The summed E-state index contributed by atoms with van der Waals surface area (Å²) in [4.78, 5) is 50.3. The lowest BCUT2D eigenvalue weighted by Gasteiger charge is -2.30. The molecule has 5 rings (SSSR count). The lowest BCUT2D eigenvalue weighted by Crippen LogP contribution is -2.46. The van der Waals surface area contributed by atoms with Crippen LogP contribution in [0.5, 0.6) is 5.75 Å². The lowest BCUT2D eigenvalue weighted by atomic mass is 10.1. The molecule has 1 unspecified atom stereocenters. The normalized spacial score (nSPS) is 15.8. The summed E-state index contributed by atoms with van der Waals surface area (Å²) in [7, 11) is 0. The molecule has 3 aromatic rings.